The fraction of sp³-hybridized carbons (Fsp3) is 0.136. The van der Waals surface area contributed by atoms with E-state index in [0.29, 0.717) is 16.5 Å². The van der Waals surface area contributed by atoms with E-state index in [1.54, 1.807) is 25.1 Å². The summed E-state index contributed by atoms with van der Waals surface area (Å²) in [5.41, 5.74) is 0.430. The minimum absolute atomic E-state index is 0.194. The molecule has 2 N–H and O–H groups in total. The number of amides is 1. The molecule has 0 aliphatic carbocycles. The molecule has 0 aliphatic rings. The van der Waals surface area contributed by atoms with Gasteiger partial charge in [-0.05, 0) is 54.3 Å². The quantitative estimate of drug-likeness (QED) is 0.516. The first-order valence-electron chi connectivity index (χ1n) is 9.28. The molecule has 2 heterocycles. The van der Waals surface area contributed by atoms with Crippen LogP contribution in [0.25, 0.3) is 10.9 Å². The molecule has 152 valence electrons. The van der Waals surface area contributed by atoms with E-state index in [4.69, 9.17) is 0 Å². The third-order valence-corrected chi connectivity index (χ3v) is 5.72. The molecule has 0 bridgehead atoms. The lowest BCUT2D eigenvalue weighted by Gasteiger charge is -2.14. The summed E-state index contributed by atoms with van der Waals surface area (Å²) >= 11 is 1.47. The Hall–Kier alpha value is -3.52. The van der Waals surface area contributed by atoms with Crippen LogP contribution in [0.4, 0.5) is 4.39 Å². The van der Waals surface area contributed by atoms with Crippen LogP contribution in [-0.4, -0.2) is 15.5 Å². The van der Waals surface area contributed by atoms with Crippen molar-refractivity contribution in [3.63, 3.8) is 0 Å². The highest BCUT2D eigenvalue weighted by Gasteiger charge is 2.14. The van der Waals surface area contributed by atoms with Crippen LogP contribution in [0.15, 0.2) is 69.6 Å². The second kappa shape index (κ2) is 8.08. The fourth-order valence-electron chi connectivity index (χ4n) is 3.21. The lowest BCUT2D eigenvalue weighted by Crippen LogP contribution is -2.35. The number of hydrogen-bond donors (Lipinski definition) is 2. The summed E-state index contributed by atoms with van der Waals surface area (Å²) in [6, 6.07) is 13.8. The van der Waals surface area contributed by atoms with Crippen molar-refractivity contribution in [3.8, 4) is 0 Å². The third kappa shape index (κ3) is 3.95. The molecule has 8 heteroatoms. The van der Waals surface area contributed by atoms with Gasteiger partial charge in [0.25, 0.3) is 11.5 Å². The average molecular weight is 423 g/mol. The summed E-state index contributed by atoms with van der Waals surface area (Å²) in [5, 5.41) is 5.04. The SMILES string of the molecule is CC(NC(=O)c1ccc2c(=O)n(Cc3cccs3)c(=O)[nH]c2c1)c1ccc(F)cc1. The molecule has 0 saturated heterocycles. The van der Waals surface area contributed by atoms with Gasteiger partial charge in [0.05, 0.1) is 23.5 Å². The zero-order chi connectivity index (χ0) is 21.3. The Bertz CT molecular complexity index is 1320. The molecule has 0 spiro atoms. The Labute approximate surface area is 174 Å². The van der Waals surface area contributed by atoms with Crippen molar-refractivity contribution >= 4 is 28.1 Å². The first-order valence-corrected chi connectivity index (χ1v) is 10.2. The number of thiophene rings is 1. The zero-order valence-corrected chi connectivity index (χ0v) is 16.8. The molecule has 30 heavy (non-hydrogen) atoms. The highest BCUT2D eigenvalue weighted by molar-refractivity contribution is 7.09. The second-order valence-corrected chi connectivity index (χ2v) is 7.94. The number of carbonyl (C=O) groups excluding carboxylic acids is 1. The van der Waals surface area contributed by atoms with Crippen LogP contribution >= 0.6 is 11.3 Å². The lowest BCUT2D eigenvalue weighted by atomic mass is 10.1. The molecule has 2 aromatic carbocycles. The first kappa shape index (κ1) is 19.8. The first-order chi connectivity index (χ1) is 14.4. The van der Waals surface area contributed by atoms with Crippen molar-refractivity contribution in [1.29, 1.82) is 0 Å². The summed E-state index contributed by atoms with van der Waals surface area (Å²) in [6.07, 6.45) is 0. The van der Waals surface area contributed by atoms with Gasteiger partial charge in [-0.25, -0.2) is 9.18 Å². The van der Waals surface area contributed by atoms with Gasteiger partial charge in [-0.2, -0.15) is 0 Å². The molecule has 1 atom stereocenters. The van der Waals surface area contributed by atoms with E-state index in [1.807, 2.05) is 17.5 Å². The van der Waals surface area contributed by atoms with Gasteiger partial charge in [0.2, 0.25) is 0 Å². The van der Waals surface area contributed by atoms with Crippen LogP contribution < -0.4 is 16.6 Å². The summed E-state index contributed by atoms with van der Waals surface area (Å²) in [7, 11) is 0. The van der Waals surface area contributed by atoms with Crippen molar-refractivity contribution < 1.29 is 9.18 Å². The fourth-order valence-corrected chi connectivity index (χ4v) is 3.91. The number of carbonyl (C=O) groups is 1. The number of halogens is 1. The maximum absolute atomic E-state index is 13.1. The van der Waals surface area contributed by atoms with Crippen molar-refractivity contribution in [3.05, 3.63) is 103 Å². The minimum Gasteiger partial charge on any atom is -0.346 e. The Morgan fingerprint density at radius 2 is 1.93 bits per heavy atom. The number of nitrogens with one attached hydrogen (secondary N) is 2. The molecule has 4 rings (SSSR count). The number of aromatic nitrogens is 2. The molecule has 0 saturated carbocycles. The Balaban J connectivity index is 1.61. The molecule has 0 fully saturated rings. The van der Waals surface area contributed by atoms with Gasteiger partial charge >= 0.3 is 5.69 Å². The van der Waals surface area contributed by atoms with Gasteiger partial charge in [0, 0.05) is 10.4 Å². The largest absolute Gasteiger partial charge is 0.346 e. The molecule has 6 nitrogen and oxygen atoms in total. The number of fused-ring (bicyclic) bond motifs is 1. The van der Waals surface area contributed by atoms with Gasteiger partial charge in [-0.3, -0.25) is 14.2 Å². The van der Waals surface area contributed by atoms with Crippen LogP contribution in [0.5, 0.6) is 0 Å². The van der Waals surface area contributed by atoms with Crippen LogP contribution in [0, 0.1) is 5.82 Å². The average Bonchev–Trinajstić information content (AvgIpc) is 3.24. The highest BCUT2D eigenvalue weighted by atomic mass is 32.1. The molecule has 0 radical (unpaired) electrons. The third-order valence-electron chi connectivity index (χ3n) is 4.86. The van der Waals surface area contributed by atoms with Crippen LogP contribution in [0.3, 0.4) is 0 Å². The monoisotopic (exact) mass is 423 g/mol. The number of H-pyrrole nitrogens is 1. The number of nitrogens with zero attached hydrogens (tertiary/aromatic N) is 1. The number of benzene rings is 2. The maximum Gasteiger partial charge on any atom is 0.329 e. The lowest BCUT2D eigenvalue weighted by molar-refractivity contribution is 0.0940. The molecule has 1 amide bonds. The predicted molar refractivity (Wildman–Crippen MR) is 115 cm³/mol. The van der Waals surface area contributed by atoms with Crippen LogP contribution in [0.2, 0.25) is 0 Å². The maximum atomic E-state index is 13.1. The number of aromatic amines is 1. The van der Waals surface area contributed by atoms with E-state index in [1.165, 1.54) is 35.6 Å². The van der Waals surface area contributed by atoms with Crippen LogP contribution in [-0.2, 0) is 6.54 Å². The van der Waals surface area contributed by atoms with Gasteiger partial charge < -0.3 is 10.3 Å². The molecular weight excluding hydrogens is 405 g/mol. The Morgan fingerprint density at radius 3 is 2.63 bits per heavy atom. The van der Waals surface area contributed by atoms with Gasteiger partial charge in [-0.1, -0.05) is 18.2 Å². The van der Waals surface area contributed by atoms with E-state index in [2.05, 4.69) is 10.3 Å². The summed E-state index contributed by atoms with van der Waals surface area (Å²) in [5.74, 6) is -0.710. The van der Waals surface area contributed by atoms with Crippen molar-refractivity contribution in [2.45, 2.75) is 19.5 Å². The number of rotatable bonds is 5. The summed E-state index contributed by atoms with van der Waals surface area (Å²) in [4.78, 5) is 41.4. The van der Waals surface area contributed by atoms with E-state index in [0.717, 1.165) is 15.0 Å². The van der Waals surface area contributed by atoms with Gasteiger partial charge in [0.1, 0.15) is 5.82 Å². The summed E-state index contributed by atoms with van der Waals surface area (Å²) < 4.78 is 14.2. The predicted octanol–water partition coefficient (Wildman–Crippen LogP) is 3.43. The topological polar surface area (TPSA) is 84.0 Å². The smallest absolute Gasteiger partial charge is 0.329 e. The molecule has 1 unspecified atom stereocenters. The van der Waals surface area contributed by atoms with E-state index in [-0.39, 0.29) is 24.3 Å². The molecule has 4 aromatic rings. The Morgan fingerprint density at radius 1 is 1.17 bits per heavy atom. The van der Waals surface area contributed by atoms with Crippen molar-refractivity contribution in [1.82, 2.24) is 14.9 Å². The highest BCUT2D eigenvalue weighted by Crippen LogP contribution is 2.15. The summed E-state index contributed by atoms with van der Waals surface area (Å²) in [6.45, 7) is 1.98. The molecule has 2 aromatic heterocycles. The van der Waals surface area contributed by atoms with Gasteiger partial charge in [0.15, 0.2) is 0 Å². The van der Waals surface area contributed by atoms with E-state index in [9.17, 15) is 18.8 Å². The molecular formula is C22H18FN3O3S. The van der Waals surface area contributed by atoms with Crippen molar-refractivity contribution in [2.24, 2.45) is 0 Å². The standard InChI is InChI=1S/C22H18FN3O3S/c1-13(14-4-7-16(23)8-5-14)24-20(27)15-6-9-18-19(11-15)25-22(29)26(21(18)28)12-17-3-2-10-30-17/h2-11,13H,12H2,1H3,(H,24,27)(H,25,29). The normalized spacial score (nSPS) is 12.1. The zero-order valence-electron chi connectivity index (χ0n) is 16.0. The Kier molecular flexibility index (Phi) is 5.33. The number of hydrogen-bond acceptors (Lipinski definition) is 4. The van der Waals surface area contributed by atoms with Crippen molar-refractivity contribution in [2.75, 3.05) is 0 Å². The second-order valence-electron chi connectivity index (χ2n) is 6.91. The van der Waals surface area contributed by atoms with E-state index < -0.39 is 11.2 Å². The van der Waals surface area contributed by atoms with Gasteiger partial charge in [-0.15, -0.1) is 11.3 Å². The van der Waals surface area contributed by atoms with E-state index >= 15 is 0 Å². The molecule has 0 aliphatic heterocycles. The minimum atomic E-state index is -0.530. The van der Waals surface area contributed by atoms with Crippen LogP contribution in [0.1, 0.15) is 33.8 Å².